The molecular formula is C17H13NO3. The van der Waals surface area contributed by atoms with Crippen molar-refractivity contribution in [2.75, 3.05) is 7.11 Å². The summed E-state index contributed by atoms with van der Waals surface area (Å²) in [5.41, 5.74) is 2.45. The molecule has 2 aromatic carbocycles. The van der Waals surface area contributed by atoms with Gasteiger partial charge in [-0.15, -0.1) is 0 Å². The quantitative estimate of drug-likeness (QED) is 0.873. The molecule has 0 aliphatic carbocycles. The first-order chi connectivity index (χ1) is 10.1. The van der Waals surface area contributed by atoms with Crippen molar-refractivity contribution in [3.05, 3.63) is 71.3 Å². The molecule has 0 bridgehead atoms. The van der Waals surface area contributed by atoms with Crippen LogP contribution in [0.1, 0.15) is 16.7 Å². The van der Waals surface area contributed by atoms with Crippen molar-refractivity contribution in [3.63, 3.8) is 0 Å². The second-order valence-electron chi connectivity index (χ2n) is 4.32. The summed E-state index contributed by atoms with van der Waals surface area (Å²) in [5.74, 6) is -0.345. The van der Waals surface area contributed by atoms with Crippen LogP contribution in [0.5, 0.6) is 5.75 Å². The van der Waals surface area contributed by atoms with Crippen LogP contribution in [0.25, 0.3) is 5.57 Å². The first-order valence-electron chi connectivity index (χ1n) is 6.23. The molecule has 2 aromatic rings. The third-order valence-electron chi connectivity index (χ3n) is 2.97. The Bertz CT molecular complexity index is 724. The summed E-state index contributed by atoms with van der Waals surface area (Å²) < 4.78 is 5.09. The Kier molecular flexibility index (Phi) is 4.37. The highest BCUT2D eigenvalue weighted by Gasteiger charge is 2.08. The number of nitrogens with zero attached hydrogens (tertiary/aromatic N) is 1. The SMILES string of the molecule is COc1ccc(/C(=C/C(=O)O)c2cccc(C#N)c2)cc1. The lowest BCUT2D eigenvalue weighted by atomic mass is 9.96. The van der Waals surface area contributed by atoms with Crippen LogP contribution < -0.4 is 4.74 Å². The minimum Gasteiger partial charge on any atom is -0.497 e. The molecule has 0 spiro atoms. The highest BCUT2D eigenvalue weighted by Crippen LogP contribution is 2.25. The average Bonchev–Trinajstić information content (AvgIpc) is 2.52. The Balaban J connectivity index is 2.52. The number of nitriles is 1. The van der Waals surface area contributed by atoms with E-state index >= 15 is 0 Å². The van der Waals surface area contributed by atoms with Gasteiger partial charge < -0.3 is 9.84 Å². The second kappa shape index (κ2) is 6.40. The summed E-state index contributed by atoms with van der Waals surface area (Å²) in [4.78, 5) is 11.1. The van der Waals surface area contributed by atoms with Gasteiger partial charge in [-0.2, -0.15) is 5.26 Å². The fourth-order valence-electron chi connectivity index (χ4n) is 1.98. The molecule has 0 unspecified atom stereocenters. The van der Waals surface area contributed by atoms with E-state index < -0.39 is 5.97 Å². The fourth-order valence-corrected chi connectivity index (χ4v) is 1.98. The van der Waals surface area contributed by atoms with Gasteiger partial charge in [-0.05, 0) is 41.0 Å². The van der Waals surface area contributed by atoms with E-state index in [1.54, 1.807) is 55.6 Å². The molecule has 2 rings (SSSR count). The number of carboxylic acids is 1. The summed E-state index contributed by atoms with van der Waals surface area (Å²) in [6, 6.07) is 16.0. The van der Waals surface area contributed by atoms with Gasteiger partial charge in [-0.1, -0.05) is 24.3 Å². The monoisotopic (exact) mass is 279 g/mol. The lowest BCUT2D eigenvalue weighted by Crippen LogP contribution is -1.95. The van der Waals surface area contributed by atoms with Gasteiger partial charge in [0.05, 0.1) is 18.7 Å². The minimum atomic E-state index is -1.04. The molecule has 0 amide bonds. The molecule has 1 N–H and O–H groups in total. The van der Waals surface area contributed by atoms with Gasteiger partial charge in [-0.3, -0.25) is 0 Å². The predicted octanol–water partition coefficient (Wildman–Crippen LogP) is 3.08. The smallest absolute Gasteiger partial charge is 0.328 e. The highest BCUT2D eigenvalue weighted by atomic mass is 16.5. The molecule has 0 aliphatic heterocycles. The van der Waals surface area contributed by atoms with Crippen LogP contribution in [0.4, 0.5) is 0 Å². The van der Waals surface area contributed by atoms with Crippen LogP contribution >= 0.6 is 0 Å². The van der Waals surface area contributed by atoms with E-state index in [1.165, 1.54) is 0 Å². The molecule has 0 saturated carbocycles. The number of hydrogen-bond donors (Lipinski definition) is 1. The molecule has 0 aliphatic rings. The van der Waals surface area contributed by atoms with Gasteiger partial charge in [0, 0.05) is 6.08 Å². The number of ether oxygens (including phenoxy) is 1. The van der Waals surface area contributed by atoms with Gasteiger partial charge in [0.25, 0.3) is 0 Å². The van der Waals surface area contributed by atoms with E-state index in [-0.39, 0.29) is 0 Å². The van der Waals surface area contributed by atoms with Gasteiger partial charge >= 0.3 is 5.97 Å². The van der Waals surface area contributed by atoms with Crippen molar-refractivity contribution in [1.29, 1.82) is 5.26 Å². The van der Waals surface area contributed by atoms with Crippen LogP contribution in [-0.4, -0.2) is 18.2 Å². The van der Waals surface area contributed by atoms with Gasteiger partial charge in [-0.25, -0.2) is 4.79 Å². The standard InChI is InChI=1S/C17H13NO3/c1-21-15-7-5-13(6-8-15)16(10-17(19)20)14-4-2-3-12(9-14)11-18/h2-10H,1H3,(H,19,20)/b16-10-. The van der Waals surface area contributed by atoms with Crippen LogP contribution in [-0.2, 0) is 4.79 Å². The average molecular weight is 279 g/mol. The molecule has 4 heteroatoms. The van der Waals surface area contributed by atoms with Crippen LogP contribution in [0.3, 0.4) is 0 Å². The van der Waals surface area contributed by atoms with E-state index in [2.05, 4.69) is 6.07 Å². The molecule has 0 fully saturated rings. The van der Waals surface area contributed by atoms with Gasteiger partial charge in [0.2, 0.25) is 0 Å². The summed E-state index contributed by atoms with van der Waals surface area (Å²) in [5, 5.41) is 18.0. The Hall–Kier alpha value is -3.06. The maximum Gasteiger partial charge on any atom is 0.328 e. The van der Waals surface area contributed by atoms with Crippen molar-refractivity contribution in [2.24, 2.45) is 0 Å². The van der Waals surface area contributed by atoms with E-state index in [9.17, 15) is 4.79 Å². The third kappa shape index (κ3) is 3.48. The Morgan fingerprint density at radius 1 is 1.19 bits per heavy atom. The zero-order chi connectivity index (χ0) is 15.2. The number of benzene rings is 2. The number of hydrogen-bond acceptors (Lipinski definition) is 3. The highest BCUT2D eigenvalue weighted by molar-refractivity contribution is 5.95. The zero-order valence-corrected chi connectivity index (χ0v) is 11.4. The normalized spacial score (nSPS) is 10.8. The maximum absolute atomic E-state index is 11.1. The van der Waals surface area contributed by atoms with Crippen molar-refractivity contribution >= 4 is 11.5 Å². The molecule has 21 heavy (non-hydrogen) atoms. The minimum absolute atomic E-state index is 0.484. The van der Waals surface area contributed by atoms with E-state index in [1.807, 2.05) is 0 Å². The Morgan fingerprint density at radius 2 is 1.90 bits per heavy atom. The number of methoxy groups -OCH3 is 1. The first kappa shape index (κ1) is 14.4. The molecule has 0 heterocycles. The lowest BCUT2D eigenvalue weighted by Gasteiger charge is -2.09. The van der Waals surface area contributed by atoms with Crippen LogP contribution in [0.15, 0.2) is 54.6 Å². The maximum atomic E-state index is 11.1. The molecule has 4 nitrogen and oxygen atoms in total. The summed E-state index contributed by atoms with van der Waals surface area (Å²) >= 11 is 0. The summed E-state index contributed by atoms with van der Waals surface area (Å²) in [7, 11) is 1.57. The zero-order valence-electron chi connectivity index (χ0n) is 11.4. The van der Waals surface area contributed by atoms with Gasteiger partial charge in [0.1, 0.15) is 5.75 Å². The molecular weight excluding hydrogens is 266 g/mol. The molecule has 0 radical (unpaired) electrons. The second-order valence-corrected chi connectivity index (χ2v) is 4.32. The van der Waals surface area contributed by atoms with Crippen molar-refractivity contribution in [3.8, 4) is 11.8 Å². The molecule has 0 saturated heterocycles. The number of aliphatic carboxylic acids is 1. The largest absolute Gasteiger partial charge is 0.497 e. The summed E-state index contributed by atoms with van der Waals surface area (Å²) in [6.07, 6.45) is 1.14. The Labute approximate surface area is 122 Å². The van der Waals surface area contributed by atoms with E-state index in [4.69, 9.17) is 15.1 Å². The van der Waals surface area contributed by atoms with E-state index in [0.717, 1.165) is 11.6 Å². The Morgan fingerprint density at radius 3 is 2.48 bits per heavy atom. The molecule has 0 atom stereocenters. The first-order valence-corrected chi connectivity index (χ1v) is 6.23. The van der Waals surface area contributed by atoms with Gasteiger partial charge in [0.15, 0.2) is 0 Å². The predicted molar refractivity (Wildman–Crippen MR) is 78.9 cm³/mol. The lowest BCUT2D eigenvalue weighted by molar-refractivity contribution is -0.131. The fraction of sp³-hybridized carbons (Fsp3) is 0.0588. The number of rotatable bonds is 4. The molecule has 0 aromatic heterocycles. The topological polar surface area (TPSA) is 70.3 Å². The number of carbonyl (C=O) groups is 1. The van der Waals surface area contributed by atoms with E-state index in [0.29, 0.717) is 22.4 Å². The summed E-state index contributed by atoms with van der Waals surface area (Å²) in [6.45, 7) is 0. The third-order valence-corrected chi connectivity index (χ3v) is 2.97. The van der Waals surface area contributed by atoms with Crippen molar-refractivity contribution in [1.82, 2.24) is 0 Å². The number of carboxylic acid groups (broad SMARTS) is 1. The van der Waals surface area contributed by atoms with Crippen molar-refractivity contribution < 1.29 is 14.6 Å². The van der Waals surface area contributed by atoms with Crippen LogP contribution in [0.2, 0.25) is 0 Å². The van der Waals surface area contributed by atoms with Crippen LogP contribution in [0, 0.1) is 11.3 Å². The molecule has 104 valence electrons. The van der Waals surface area contributed by atoms with Crippen molar-refractivity contribution in [2.45, 2.75) is 0 Å².